The highest BCUT2D eigenvalue weighted by Gasteiger charge is 2.28. The number of aliphatic carboxylic acids is 1. The van der Waals surface area contributed by atoms with Gasteiger partial charge in [0.2, 0.25) is 11.8 Å². The molecular formula is C25H43N3O10S2. The van der Waals surface area contributed by atoms with Crippen LogP contribution in [0.15, 0.2) is 0 Å². The van der Waals surface area contributed by atoms with Crippen molar-refractivity contribution in [1.82, 2.24) is 10.6 Å². The van der Waals surface area contributed by atoms with Gasteiger partial charge in [0, 0.05) is 12.2 Å². The van der Waals surface area contributed by atoms with Gasteiger partial charge in [-0.3, -0.25) is 28.8 Å². The van der Waals surface area contributed by atoms with E-state index in [0.717, 1.165) is 34.4 Å². The van der Waals surface area contributed by atoms with Gasteiger partial charge in [0.25, 0.3) is 0 Å². The van der Waals surface area contributed by atoms with Crippen molar-refractivity contribution in [2.24, 2.45) is 5.73 Å². The minimum absolute atomic E-state index is 0.0456. The Bertz CT molecular complexity index is 829. The Hall–Kier alpha value is -2.52. The number of hydrogen-bond acceptors (Lipinski definition) is 12. The fourth-order valence-corrected chi connectivity index (χ4v) is 5.28. The summed E-state index contributed by atoms with van der Waals surface area (Å²) < 4.78 is 15.4. The Kier molecular flexibility index (Phi) is 20.8. The first-order chi connectivity index (χ1) is 18.9. The van der Waals surface area contributed by atoms with Crippen molar-refractivity contribution in [2.75, 3.05) is 25.5 Å². The van der Waals surface area contributed by atoms with Crippen LogP contribution in [0.1, 0.15) is 72.6 Å². The molecule has 0 heterocycles. The molecule has 0 saturated heterocycles. The van der Waals surface area contributed by atoms with E-state index in [2.05, 4.69) is 10.6 Å². The van der Waals surface area contributed by atoms with E-state index in [4.69, 9.17) is 25.1 Å². The van der Waals surface area contributed by atoms with E-state index in [1.165, 1.54) is 0 Å². The van der Waals surface area contributed by atoms with Crippen LogP contribution in [0.4, 0.5) is 0 Å². The third-order valence-corrected chi connectivity index (χ3v) is 7.67. The van der Waals surface area contributed by atoms with E-state index in [-0.39, 0.29) is 44.3 Å². The Morgan fingerprint density at radius 3 is 2.15 bits per heavy atom. The van der Waals surface area contributed by atoms with Gasteiger partial charge in [-0.05, 0) is 33.1 Å². The van der Waals surface area contributed by atoms with Gasteiger partial charge in [0.05, 0.1) is 25.7 Å². The van der Waals surface area contributed by atoms with Gasteiger partial charge in [0.1, 0.15) is 23.9 Å². The second-order valence-corrected chi connectivity index (χ2v) is 11.6. The van der Waals surface area contributed by atoms with Crippen molar-refractivity contribution < 1.29 is 48.1 Å². The molecule has 0 aliphatic rings. The largest absolute Gasteiger partial charge is 0.480 e. The van der Waals surface area contributed by atoms with Gasteiger partial charge in [-0.25, -0.2) is 0 Å². The van der Waals surface area contributed by atoms with Crippen molar-refractivity contribution in [1.29, 1.82) is 0 Å². The van der Waals surface area contributed by atoms with Crippen molar-refractivity contribution >= 4 is 57.3 Å². The van der Waals surface area contributed by atoms with Gasteiger partial charge >= 0.3 is 23.9 Å². The topological polar surface area (TPSA) is 200 Å². The van der Waals surface area contributed by atoms with Crippen LogP contribution in [0.5, 0.6) is 0 Å². The van der Waals surface area contributed by atoms with Crippen LogP contribution in [0, 0.1) is 0 Å². The molecule has 0 aliphatic carbocycles. The Morgan fingerprint density at radius 2 is 1.57 bits per heavy atom. The summed E-state index contributed by atoms with van der Waals surface area (Å²) in [7, 11) is 2.05. The van der Waals surface area contributed by atoms with E-state index >= 15 is 0 Å². The molecular weight excluding hydrogens is 566 g/mol. The monoisotopic (exact) mass is 609 g/mol. The number of nitrogens with two attached hydrogens (primary N) is 1. The molecule has 1 unspecified atom stereocenters. The van der Waals surface area contributed by atoms with E-state index < -0.39 is 59.6 Å². The second-order valence-electron chi connectivity index (χ2n) is 9.03. The number of ether oxygens (including phenoxy) is 3. The van der Waals surface area contributed by atoms with Gasteiger partial charge < -0.3 is 35.7 Å². The average Bonchev–Trinajstić information content (AvgIpc) is 2.88. The summed E-state index contributed by atoms with van der Waals surface area (Å²) in [6.45, 7) is 7.22. The first-order valence-electron chi connectivity index (χ1n) is 13.3. The number of carbonyl (C=O) groups excluding carboxylic acids is 5. The summed E-state index contributed by atoms with van der Waals surface area (Å²) in [5, 5.41) is 12.9. The molecule has 0 spiro atoms. The van der Waals surface area contributed by atoms with Crippen LogP contribution >= 0.6 is 21.6 Å². The normalized spacial score (nSPS) is 13.1. The first-order valence-corrected chi connectivity index (χ1v) is 15.6. The summed E-state index contributed by atoms with van der Waals surface area (Å²) >= 11 is 0. The maximum atomic E-state index is 12.8. The maximum absolute atomic E-state index is 12.8. The Labute approximate surface area is 243 Å². The number of carboxylic acid groups (broad SMARTS) is 1. The fourth-order valence-electron chi connectivity index (χ4n) is 2.74. The zero-order chi connectivity index (χ0) is 30.5. The molecule has 3 atom stereocenters. The lowest BCUT2D eigenvalue weighted by Gasteiger charge is -2.20. The number of hydrogen-bond donors (Lipinski definition) is 4. The number of esters is 3. The highest BCUT2D eigenvalue weighted by molar-refractivity contribution is 8.77. The van der Waals surface area contributed by atoms with Crippen molar-refractivity contribution in [3.63, 3.8) is 0 Å². The molecule has 230 valence electrons. The molecule has 0 aromatic rings. The number of rotatable bonds is 22. The summed E-state index contributed by atoms with van der Waals surface area (Å²) in [5.74, 6) is -4.44. The number of amides is 2. The molecule has 40 heavy (non-hydrogen) atoms. The summed E-state index contributed by atoms with van der Waals surface area (Å²) in [6, 6.07) is -2.39. The van der Waals surface area contributed by atoms with Crippen LogP contribution in [-0.4, -0.2) is 89.7 Å². The van der Waals surface area contributed by atoms with E-state index in [9.17, 15) is 28.8 Å². The lowest BCUT2D eigenvalue weighted by Crippen LogP contribution is -2.49. The first kappa shape index (κ1) is 37.5. The minimum atomic E-state index is -1.26. The highest BCUT2D eigenvalue weighted by atomic mass is 33.1. The summed E-state index contributed by atoms with van der Waals surface area (Å²) in [6.07, 6.45) is 2.00. The number of carbonyl (C=O) groups is 6. The lowest BCUT2D eigenvalue weighted by molar-refractivity contribution is -0.149. The van der Waals surface area contributed by atoms with Crippen molar-refractivity contribution in [3.8, 4) is 0 Å². The van der Waals surface area contributed by atoms with Crippen LogP contribution in [0.25, 0.3) is 0 Å². The number of carboxylic acids is 1. The van der Waals surface area contributed by atoms with Crippen LogP contribution in [0.2, 0.25) is 0 Å². The molecule has 0 aliphatic heterocycles. The molecule has 0 radical (unpaired) electrons. The van der Waals surface area contributed by atoms with Gasteiger partial charge in [-0.1, -0.05) is 48.3 Å². The molecule has 0 aromatic heterocycles. The average molecular weight is 610 g/mol. The maximum Gasteiger partial charge on any atom is 0.325 e. The Morgan fingerprint density at radius 1 is 0.950 bits per heavy atom. The summed E-state index contributed by atoms with van der Waals surface area (Å²) in [4.78, 5) is 72.8. The van der Waals surface area contributed by atoms with Gasteiger partial charge in [0.15, 0.2) is 0 Å². The predicted octanol–water partition coefficient (Wildman–Crippen LogP) is 1.56. The predicted molar refractivity (Wildman–Crippen MR) is 151 cm³/mol. The van der Waals surface area contributed by atoms with E-state index in [0.29, 0.717) is 12.8 Å². The number of nitrogens with one attached hydrogen (secondary N) is 2. The molecule has 13 nitrogen and oxygen atoms in total. The van der Waals surface area contributed by atoms with E-state index in [1.807, 2.05) is 13.8 Å². The standard InChI is InChI=1S/C25H43N3O10S2/c1-5-7-11-36-21(30)13-19(25(35)37-12-8-6-2)40-39-15-18(23(32)27-14-22(31)38-16(3)4)28-20(29)10-9-17(26)24(33)34/h16-19H,5-15,26H2,1-4H3,(H,27,32)(H,28,29)(H,33,34)/t17-,18-,19?/m0/s1. The molecule has 2 amide bonds. The molecule has 15 heteroatoms. The van der Waals surface area contributed by atoms with Crippen LogP contribution in [-0.2, 0) is 43.0 Å². The van der Waals surface area contributed by atoms with Crippen molar-refractivity contribution in [2.45, 2.75) is 96.1 Å². The fraction of sp³-hybridized carbons (Fsp3) is 0.760. The SMILES string of the molecule is CCCCOC(=O)CC(SSC[C@H](NC(=O)CC[C@H](N)C(=O)O)C(=O)NCC(=O)OC(C)C)C(=O)OCCCC. The molecule has 0 fully saturated rings. The molecule has 0 saturated carbocycles. The highest BCUT2D eigenvalue weighted by Crippen LogP contribution is 2.31. The van der Waals surface area contributed by atoms with Gasteiger partial charge in [-0.2, -0.15) is 0 Å². The third kappa shape index (κ3) is 18.7. The quantitative estimate of drug-likeness (QED) is 0.0597. The van der Waals surface area contributed by atoms with Gasteiger partial charge in [-0.15, -0.1) is 0 Å². The smallest absolute Gasteiger partial charge is 0.325 e. The van der Waals surface area contributed by atoms with E-state index in [1.54, 1.807) is 13.8 Å². The van der Waals surface area contributed by atoms with Crippen LogP contribution < -0.4 is 16.4 Å². The molecule has 0 rings (SSSR count). The second kappa shape index (κ2) is 22.2. The number of unbranched alkanes of at least 4 members (excludes halogenated alkanes) is 2. The minimum Gasteiger partial charge on any atom is -0.480 e. The van der Waals surface area contributed by atoms with Crippen LogP contribution in [0.3, 0.4) is 0 Å². The van der Waals surface area contributed by atoms with Crippen molar-refractivity contribution in [3.05, 3.63) is 0 Å². The molecule has 0 aromatic carbocycles. The third-order valence-electron chi connectivity index (χ3n) is 4.96. The Balaban J connectivity index is 5.31. The zero-order valence-corrected chi connectivity index (χ0v) is 25.2. The summed E-state index contributed by atoms with van der Waals surface area (Å²) in [5.41, 5.74) is 5.44. The molecule has 5 N–H and O–H groups in total. The zero-order valence-electron chi connectivity index (χ0n) is 23.6. The molecule has 0 bridgehead atoms. The lowest BCUT2D eigenvalue weighted by atomic mass is 10.1.